The Morgan fingerprint density at radius 3 is 2.82 bits per heavy atom. The van der Waals surface area contributed by atoms with Crippen molar-refractivity contribution in [3.05, 3.63) is 36.2 Å². The Kier molecular flexibility index (Phi) is 1.98. The van der Waals surface area contributed by atoms with E-state index in [9.17, 15) is 0 Å². The van der Waals surface area contributed by atoms with Crippen molar-refractivity contribution in [2.24, 2.45) is 7.05 Å². The zero-order valence-corrected chi connectivity index (χ0v) is 9.77. The van der Waals surface area contributed by atoms with E-state index in [2.05, 4.69) is 5.10 Å². The number of furan rings is 1. The molecule has 0 saturated carbocycles. The van der Waals surface area contributed by atoms with Crippen LogP contribution in [0.2, 0.25) is 0 Å². The van der Waals surface area contributed by atoms with Gasteiger partial charge in [-0.05, 0) is 24.6 Å². The molecule has 0 aliphatic carbocycles. The second-order valence-electron chi connectivity index (χ2n) is 4.18. The number of hydrogen-bond acceptors (Lipinski definition) is 3. The van der Waals surface area contributed by atoms with Crippen molar-refractivity contribution in [1.82, 2.24) is 9.78 Å². The van der Waals surface area contributed by atoms with E-state index in [1.807, 2.05) is 38.2 Å². The van der Waals surface area contributed by atoms with Crippen molar-refractivity contribution in [3.8, 4) is 11.1 Å². The average molecular weight is 227 g/mol. The lowest BCUT2D eigenvalue weighted by Crippen LogP contribution is -1.97. The molecule has 0 saturated heterocycles. The molecule has 3 aromatic rings. The lowest BCUT2D eigenvalue weighted by atomic mass is 10.1. The van der Waals surface area contributed by atoms with Crippen LogP contribution in [-0.4, -0.2) is 9.78 Å². The van der Waals surface area contributed by atoms with Crippen LogP contribution in [0, 0.1) is 6.92 Å². The molecule has 3 rings (SSSR count). The standard InChI is InChI=1S/C13H13N3O/c1-8-5-10-4-3-9(6-12(10)17-8)11-7-15-16(2)13(11)14/h3-7H,14H2,1-2H3. The first-order valence-corrected chi connectivity index (χ1v) is 5.43. The summed E-state index contributed by atoms with van der Waals surface area (Å²) in [6.07, 6.45) is 1.77. The maximum atomic E-state index is 5.95. The normalized spacial score (nSPS) is 11.2. The van der Waals surface area contributed by atoms with Crippen LogP contribution in [0.15, 0.2) is 34.9 Å². The highest BCUT2D eigenvalue weighted by molar-refractivity contribution is 5.85. The minimum absolute atomic E-state index is 0.660. The number of anilines is 1. The molecule has 86 valence electrons. The van der Waals surface area contributed by atoms with E-state index in [1.54, 1.807) is 10.9 Å². The van der Waals surface area contributed by atoms with Gasteiger partial charge in [0, 0.05) is 18.0 Å². The highest BCUT2D eigenvalue weighted by atomic mass is 16.3. The van der Waals surface area contributed by atoms with Gasteiger partial charge in [-0.1, -0.05) is 12.1 Å². The Balaban J connectivity index is 2.20. The number of hydrogen-bond donors (Lipinski definition) is 1. The predicted octanol–water partition coefficient (Wildman–Crippen LogP) is 2.72. The fraction of sp³-hybridized carbons (Fsp3) is 0.154. The molecule has 0 amide bonds. The highest BCUT2D eigenvalue weighted by Gasteiger charge is 2.09. The van der Waals surface area contributed by atoms with E-state index in [1.165, 1.54) is 0 Å². The molecule has 0 aliphatic heterocycles. The predicted molar refractivity (Wildman–Crippen MR) is 67.6 cm³/mol. The van der Waals surface area contributed by atoms with Crippen LogP contribution in [0.25, 0.3) is 22.1 Å². The van der Waals surface area contributed by atoms with Gasteiger partial charge < -0.3 is 10.2 Å². The zero-order valence-electron chi connectivity index (χ0n) is 9.77. The number of rotatable bonds is 1. The number of benzene rings is 1. The number of nitrogen functional groups attached to an aromatic ring is 1. The maximum absolute atomic E-state index is 5.95. The fourth-order valence-electron chi connectivity index (χ4n) is 2.00. The Morgan fingerprint density at radius 1 is 1.29 bits per heavy atom. The zero-order chi connectivity index (χ0) is 12.0. The quantitative estimate of drug-likeness (QED) is 0.695. The first kappa shape index (κ1) is 9.96. The van der Waals surface area contributed by atoms with E-state index in [4.69, 9.17) is 10.2 Å². The molecule has 0 unspecified atom stereocenters. The van der Waals surface area contributed by atoms with Crippen LogP contribution in [0.5, 0.6) is 0 Å². The van der Waals surface area contributed by atoms with E-state index in [0.717, 1.165) is 27.9 Å². The fourth-order valence-corrected chi connectivity index (χ4v) is 2.00. The third kappa shape index (κ3) is 1.49. The van der Waals surface area contributed by atoms with Crippen molar-refractivity contribution in [2.75, 3.05) is 5.73 Å². The second-order valence-corrected chi connectivity index (χ2v) is 4.18. The van der Waals surface area contributed by atoms with Crippen molar-refractivity contribution in [1.29, 1.82) is 0 Å². The van der Waals surface area contributed by atoms with Gasteiger partial charge >= 0.3 is 0 Å². The molecule has 0 bridgehead atoms. The molecule has 0 radical (unpaired) electrons. The molecule has 0 atom stereocenters. The van der Waals surface area contributed by atoms with Crippen LogP contribution in [-0.2, 0) is 7.05 Å². The van der Waals surface area contributed by atoms with Gasteiger partial charge in [-0.3, -0.25) is 4.68 Å². The lowest BCUT2D eigenvalue weighted by molar-refractivity contribution is 0.578. The van der Waals surface area contributed by atoms with Gasteiger partial charge in [-0.2, -0.15) is 5.10 Å². The molecule has 0 spiro atoms. The molecule has 2 aromatic heterocycles. The Bertz CT molecular complexity index is 694. The van der Waals surface area contributed by atoms with Crippen LogP contribution < -0.4 is 5.73 Å². The minimum atomic E-state index is 0.660. The smallest absolute Gasteiger partial charge is 0.134 e. The Hall–Kier alpha value is -2.23. The van der Waals surface area contributed by atoms with Gasteiger partial charge in [-0.25, -0.2) is 0 Å². The molecule has 0 fully saturated rings. The maximum Gasteiger partial charge on any atom is 0.134 e. The summed E-state index contributed by atoms with van der Waals surface area (Å²) < 4.78 is 7.27. The second kappa shape index (κ2) is 3.38. The van der Waals surface area contributed by atoms with Crippen molar-refractivity contribution >= 4 is 16.8 Å². The van der Waals surface area contributed by atoms with Gasteiger partial charge in [0.25, 0.3) is 0 Å². The van der Waals surface area contributed by atoms with Gasteiger partial charge in [0.1, 0.15) is 17.2 Å². The van der Waals surface area contributed by atoms with Crippen LogP contribution in [0.3, 0.4) is 0 Å². The minimum Gasteiger partial charge on any atom is -0.461 e. The number of aromatic nitrogens is 2. The van der Waals surface area contributed by atoms with Crippen LogP contribution >= 0.6 is 0 Å². The summed E-state index contributed by atoms with van der Waals surface area (Å²) in [6, 6.07) is 8.08. The molecule has 4 nitrogen and oxygen atoms in total. The van der Waals surface area contributed by atoms with Crippen LogP contribution in [0.1, 0.15) is 5.76 Å². The number of nitrogens with two attached hydrogens (primary N) is 1. The van der Waals surface area contributed by atoms with E-state index < -0.39 is 0 Å². The van der Waals surface area contributed by atoms with Crippen molar-refractivity contribution in [2.45, 2.75) is 6.92 Å². The monoisotopic (exact) mass is 227 g/mol. The van der Waals surface area contributed by atoms with Crippen molar-refractivity contribution < 1.29 is 4.42 Å². The molecule has 17 heavy (non-hydrogen) atoms. The van der Waals surface area contributed by atoms with E-state index >= 15 is 0 Å². The molecular formula is C13H13N3O. The SMILES string of the molecule is Cc1cc2ccc(-c3cnn(C)c3N)cc2o1. The molecular weight excluding hydrogens is 214 g/mol. The van der Waals surface area contributed by atoms with Crippen molar-refractivity contribution in [3.63, 3.8) is 0 Å². The number of nitrogens with zero attached hydrogens (tertiary/aromatic N) is 2. The summed E-state index contributed by atoms with van der Waals surface area (Å²) >= 11 is 0. The summed E-state index contributed by atoms with van der Waals surface area (Å²) in [5.74, 6) is 1.57. The lowest BCUT2D eigenvalue weighted by Gasteiger charge is -2.00. The number of aryl methyl sites for hydroxylation is 2. The number of fused-ring (bicyclic) bond motifs is 1. The molecule has 2 N–H and O–H groups in total. The largest absolute Gasteiger partial charge is 0.461 e. The highest BCUT2D eigenvalue weighted by Crippen LogP contribution is 2.29. The summed E-state index contributed by atoms with van der Waals surface area (Å²) in [7, 11) is 1.83. The first-order valence-electron chi connectivity index (χ1n) is 5.43. The van der Waals surface area contributed by atoms with E-state index in [-0.39, 0.29) is 0 Å². The summed E-state index contributed by atoms with van der Waals surface area (Å²) in [5, 5.41) is 5.24. The molecule has 0 aliphatic rings. The molecule has 1 aromatic carbocycles. The van der Waals surface area contributed by atoms with Gasteiger partial charge in [0.2, 0.25) is 0 Å². The van der Waals surface area contributed by atoms with Crippen LogP contribution in [0.4, 0.5) is 5.82 Å². The molecule has 2 heterocycles. The van der Waals surface area contributed by atoms with Gasteiger partial charge in [-0.15, -0.1) is 0 Å². The Labute approximate surface area is 98.6 Å². The third-order valence-electron chi connectivity index (χ3n) is 2.94. The topological polar surface area (TPSA) is 57.0 Å². The third-order valence-corrected chi connectivity index (χ3v) is 2.94. The average Bonchev–Trinajstić information content (AvgIpc) is 2.81. The van der Waals surface area contributed by atoms with Gasteiger partial charge in [0.05, 0.1) is 6.20 Å². The van der Waals surface area contributed by atoms with Gasteiger partial charge in [0.15, 0.2) is 0 Å². The Morgan fingerprint density at radius 2 is 2.12 bits per heavy atom. The summed E-state index contributed by atoms with van der Waals surface area (Å²) in [5.41, 5.74) is 8.79. The summed E-state index contributed by atoms with van der Waals surface area (Å²) in [4.78, 5) is 0. The summed E-state index contributed by atoms with van der Waals surface area (Å²) in [6.45, 7) is 1.94. The molecule has 4 heteroatoms. The van der Waals surface area contributed by atoms with E-state index in [0.29, 0.717) is 5.82 Å². The first-order chi connectivity index (χ1) is 8.15.